The fourth-order valence-corrected chi connectivity index (χ4v) is 4.45. The Kier molecular flexibility index (Phi) is 8.29. The van der Waals surface area contributed by atoms with Crippen molar-refractivity contribution < 1.29 is 27.5 Å². The van der Waals surface area contributed by atoms with Crippen LogP contribution < -0.4 is 5.01 Å². The van der Waals surface area contributed by atoms with Gasteiger partial charge in [0.25, 0.3) is 5.91 Å². The van der Waals surface area contributed by atoms with E-state index in [4.69, 9.17) is 4.74 Å². The molecule has 190 valence electrons. The van der Waals surface area contributed by atoms with Crippen LogP contribution in [0.5, 0.6) is 0 Å². The van der Waals surface area contributed by atoms with Gasteiger partial charge in [0.1, 0.15) is 0 Å². The highest BCUT2D eigenvalue weighted by Gasteiger charge is 2.31. The zero-order valence-electron chi connectivity index (χ0n) is 19.5. The van der Waals surface area contributed by atoms with E-state index in [0.29, 0.717) is 18.4 Å². The Bertz CT molecular complexity index is 1370. The van der Waals surface area contributed by atoms with Crippen molar-refractivity contribution in [2.45, 2.75) is 25.4 Å². The number of hydrazone groups is 1. The van der Waals surface area contributed by atoms with Gasteiger partial charge in [0, 0.05) is 6.42 Å². The third kappa shape index (κ3) is 7.23. The summed E-state index contributed by atoms with van der Waals surface area (Å²) in [7, 11) is 0. The molecule has 1 aromatic heterocycles. The number of esters is 1. The minimum atomic E-state index is -4.59. The number of halogens is 3. The lowest BCUT2D eigenvalue weighted by molar-refractivity contribution is -0.147. The third-order valence-electron chi connectivity index (χ3n) is 5.24. The largest absolute Gasteiger partial charge is 0.455 e. The van der Waals surface area contributed by atoms with Crippen molar-refractivity contribution in [1.29, 1.82) is 0 Å². The molecule has 1 heterocycles. The van der Waals surface area contributed by atoms with E-state index >= 15 is 0 Å². The summed E-state index contributed by atoms with van der Waals surface area (Å²) in [6, 6.07) is 20.7. The van der Waals surface area contributed by atoms with Crippen molar-refractivity contribution in [3.05, 3.63) is 95.0 Å². The first kappa shape index (κ1) is 26.0. The zero-order valence-corrected chi connectivity index (χ0v) is 20.3. The van der Waals surface area contributed by atoms with Gasteiger partial charge < -0.3 is 4.74 Å². The van der Waals surface area contributed by atoms with Crippen LogP contribution in [0.3, 0.4) is 0 Å². The number of hydrogen-bond acceptors (Lipinski definition) is 6. The van der Waals surface area contributed by atoms with Crippen LogP contribution in [-0.4, -0.2) is 29.7 Å². The lowest BCUT2D eigenvalue weighted by atomic mass is 10.2. The van der Waals surface area contributed by atoms with Gasteiger partial charge in [-0.1, -0.05) is 48.5 Å². The molecule has 0 aliphatic carbocycles. The van der Waals surface area contributed by atoms with Crippen LogP contribution >= 0.6 is 11.3 Å². The number of carbonyl (C=O) groups is 2. The Morgan fingerprint density at radius 2 is 1.76 bits per heavy atom. The average molecular weight is 526 g/mol. The summed E-state index contributed by atoms with van der Waals surface area (Å²) >= 11 is 1.56. The minimum absolute atomic E-state index is 0.0695. The van der Waals surface area contributed by atoms with Gasteiger partial charge in [0.05, 0.1) is 32.7 Å². The number of rotatable bonds is 9. The number of ether oxygens (including phenoxy) is 1. The van der Waals surface area contributed by atoms with E-state index in [2.05, 4.69) is 10.1 Å². The molecule has 37 heavy (non-hydrogen) atoms. The summed E-state index contributed by atoms with van der Waals surface area (Å²) in [4.78, 5) is 29.6. The molecule has 0 unspecified atom stereocenters. The molecular formula is C27H22F3N3O3S. The molecule has 0 aliphatic rings. The van der Waals surface area contributed by atoms with Gasteiger partial charge in [-0.15, -0.1) is 11.3 Å². The molecule has 0 saturated carbocycles. The maximum absolute atomic E-state index is 13.2. The number of alkyl halides is 3. The molecule has 0 atom stereocenters. The van der Waals surface area contributed by atoms with Gasteiger partial charge in [-0.25, -0.2) is 4.98 Å². The quantitative estimate of drug-likeness (QED) is 0.147. The predicted octanol–water partition coefficient (Wildman–Crippen LogP) is 6.25. The number of para-hydroxylation sites is 1. The number of aromatic nitrogens is 1. The van der Waals surface area contributed by atoms with Gasteiger partial charge in [-0.2, -0.15) is 23.3 Å². The highest BCUT2D eigenvalue weighted by molar-refractivity contribution is 7.18. The Morgan fingerprint density at radius 1 is 1.00 bits per heavy atom. The third-order valence-corrected chi connectivity index (χ3v) is 6.34. The first-order chi connectivity index (χ1) is 17.8. The monoisotopic (exact) mass is 525 g/mol. The van der Waals surface area contributed by atoms with Crippen molar-refractivity contribution in [1.82, 2.24) is 4.98 Å². The number of anilines is 1. The van der Waals surface area contributed by atoms with Crippen molar-refractivity contribution in [2.24, 2.45) is 5.10 Å². The number of carbonyl (C=O) groups excluding carboxylic acids is 2. The van der Waals surface area contributed by atoms with Crippen LogP contribution in [0.2, 0.25) is 0 Å². The molecule has 0 radical (unpaired) electrons. The van der Waals surface area contributed by atoms with Crippen LogP contribution in [0.4, 0.5) is 18.9 Å². The summed E-state index contributed by atoms with van der Waals surface area (Å²) < 4.78 is 45.8. The van der Waals surface area contributed by atoms with Gasteiger partial charge >= 0.3 is 12.1 Å². The van der Waals surface area contributed by atoms with Crippen molar-refractivity contribution in [3.63, 3.8) is 0 Å². The number of nitrogens with zero attached hydrogens (tertiary/aromatic N) is 3. The molecule has 3 aromatic carbocycles. The summed E-state index contributed by atoms with van der Waals surface area (Å²) in [5.74, 6) is -1.38. The molecule has 4 aromatic rings. The molecular weight excluding hydrogens is 503 g/mol. The molecule has 0 bridgehead atoms. The summed E-state index contributed by atoms with van der Waals surface area (Å²) in [6.07, 6.45) is -2.11. The number of fused-ring (bicyclic) bond motifs is 1. The Balaban J connectivity index is 1.38. The number of benzene rings is 3. The Hall–Kier alpha value is -4.05. The summed E-state index contributed by atoms with van der Waals surface area (Å²) in [5.41, 5.74) is 0.518. The molecule has 0 aliphatic heterocycles. The van der Waals surface area contributed by atoms with Crippen LogP contribution in [0.15, 0.2) is 84.0 Å². The average Bonchev–Trinajstić information content (AvgIpc) is 3.31. The van der Waals surface area contributed by atoms with Crippen LogP contribution in [0, 0.1) is 0 Å². The second-order valence-electron chi connectivity index (χ2n) is 8.00. The first-order valence-corrected chi connectivity index (χ1v) is 12.2. The van der Waals surface area contributed by atoms with Crippen molar-refractivity contribution >= 4 is 45.3 Å². The first-order valence-electron chi connectivity index (χ1n) is 11.4. The number of thiazole rings is 1. The number of aryl methyl sites for hydroxylation is 1. The fraction of sp³-hybridized carbons (Fsp3) is 0.185. The van der Waals surface area contributed by atoms with Crippen molar-refractivity contribution in [2.75, 3.05) is 11.6 Å². The van der Waals surface area contributed by atoms with Gasteiger partial charge in [-0.05, 0) is 48.7 Å². The zero-order chi connectivity index (χ0) is 26.3. The lowest BCUT2D eigenvalue weighted by Gasteiger charge is -2.18. The molecule has 10 heteroatoms. The normalized spacial score (nSPS) is 11.6. The standard InChI is InChI=1S/C27H22F3N3O3S/c28-27(29,30)20-10-6-11-21(16-20)33(31-17-19-8-2-1-3-9-19)25(34)18-36-26(35)15-7-14-24-32-22-12-4-5-13-23(22)37-24/h1-6,8-13,16-17H,7,14-15,18H2/b31-17-. The topological polar surface area (TPSA) is 71.9 Å². The molecule has 0 spiro atoms. The Labute approximate surface area is 215 Å². The predicted molar refractivity (Wildman–Crippen MR) is 136 cm³/mol. The van der Waals surface area contributed by atoms with E-state index in [0.717, 1.165) is 32.4 Å². The van der Waals surface area contributed by atoms with E-state index in [-0.39, 0.29) is 12.1 Å². The molecule has 0 saturated heterocycles. The Morgan fingerprint density at radius 3 is 2.51 bits per heavy atom. The molecule has 4 rings (SSSR count). The minimum Gasteiger partial charge on any atom is -0.455 e. The maximum Gasteiger partial charge on any atom is 0.416 e. The van der Waals surface area contributed by atoms with E-state index in [1.807, 2.05) is 24.3 Å². The molecule has 6 nitrogen and oxygen atoms in total. The maximum atomic E-state index is 13.2. The van der Waals surface area contributed by atoms with E-state index in [9.17, 15) is 22.8 Å². The second-order valence-corrected chi connectivity index (χ2v) is 9.11. The second kappa shape index (κ2) is 11.8. The van der Waals surface area contributed by atoms with E-state index in [1.54, 1.807) is 41.7 Å². The van der Waals surface area contributed by atoms with E-state index < -0.39 is 30.2 Å². The number of hydrogen-bond donors (Lipinski definition) is 0. The highest BCUT2D eigenvalue weighted by Crippen LogP contribution is 2.32. The highest BCUT2D eigenvalue weighted by atomic mass is 32.1. The van der Waals surface area contributed by atoms with Crippen LogP contribution in [0.1, 0.15) is 29.0 Å². The number of amides is 1. The molecule has 0 fully saturated rings. The van der Waals surface area contributed by atoms with E-state index in [1.165, 1.54) is 18.3 Å². The van der Waals surface area contributed by atoms with Crippen molar-refractivity contribution in [3.8, 4) is 0 Å². The summed E-state index contributed by atoms with van der Waals surface area (Å²) in [5, 5.41) is 5.78. The molecule has 1 amide bonds. The van der Waals surface area contributed by atoms with Gasteiger partial charge in [0.2, 0.25) is 0 Å². The SMILES string of the molecule is O=C(CCCc1nc2ccccc2s1)OCC(=O)N(/N=C\c1ccccc1)c1cccc(C(F)(F)F)c1. The van der Waals surface area contributed by atoms with Crippen LogP contribution in [-0.2, 0) is 26.9 Å². The van der Waals surface area contributed by atoms with Gasteiger partial charge in [-0.3, -0.25) is 9.59 Å². The van der Waals surface area contributed by atoms with Gasteiger partial charge in [0.15, 0.2) is 6.61 Å². The fourth-order valence-electron chi connectivity index (χ4n) is 3.44. The smallest absolute Gasteiger partial charge is 0.416 e. The van der Waals surface area contributed by atoms with Crippen LogP contribution in [0.25, 0.3) is 10.2 Å². The molecule has 0 N–H and O–H groups in total. The summed E-state index contributed by atoms with van der Waals surface area (Å²) in [6.45, 7) is -0.664. The lowest BCUT2D eigenvalue weighted by Crippen LogP contribution is -2.31.